The molecule has 2 unspecified atom stereocenters. The molecular weight excluding hydrogens is 366 g/mol. The molecular formula is C18H23F4N3O2. The first-order valence-electron chi connectivity index (χ1n) is 8.76. The Labute approximate surface area is 155 Å². The van der Waals surface area contributed by atoms with Crippen LogP contribution in [0.5, 0.6) is 0 Å². The van der Waals surface area contributed by atoms with Crippen LogP contribution in [0.15, 0.2) is 24.3 Å². The molecule has 0 radical (unpaired) electrons. The van der Waals surface area contributed by atoms with Gasteiger partial charge < -0.3 is 10.6 Å². The van der Waals surface area contributed by atoms with E-state index < -0.39 is 42.2 Å². The Bertz CT molecular complexity index is 660. The van der Waals surface area contributed by atoms with Crippen molar-refractivity contribution in [1.82, 2.24) is 15.5 Å². The maximum Gasteiger partial charge on any atom is 0.405 e. The predicted octanol–water partition coefficient (Wildman–Crippen LogP) is 1.99. The number of ketones is 1. The summed E-state index contributed by atoms with van der Waals surface area (Å²) < 4.78 is 53.1. The molecule has 2 N–H and O–H groups in total. The number of hydrogen-bond donors (Lipinski definition) is 2. The maximum atomic E-state index is 13.3. The van der Waals surface area contributed by atoms with E-state index in [1.54, 1.807) is 0 Å². The van der Waals surface area contributed by atoms with Crippen molar-refractivity contribution >= 4 is 11.7 Å². The van der Waals surface area contributed by atoms with Gasteiger partial charge in [0.25, 0.3) is 0 Å². The van der Waals surface area contributed by atoms with Gasteiger partial charge in [-0.25, -0.2) is 4.39 Å². The van der Waals surface area contributed by atoms with Crippen molar-refractivity contribution in [3.05, 3.63) is 35.6 Å². The molecule has 9 heteroatoms. The molecule has 1 amide bonds. The van der Waals surface area contributed by atoms with Crippen molar-refractivity contribution in [2.75, 3.05) is 32.7 Å². The summed E-state index contributed by atoms with van der Waals surface area (Å²) in [5, 5.41) is 5.27. The van der Waals surface area contributed by atoms with Gasteiger partial charge in [0, 0.05) is 50.6 Å². The minimum atomic E-state index is -4.46. The maximum absolute atomic E-state index is 13.3. The van der Waals surface area contributed by atoms with Crippen LogP contribution < -0.4 is 10.6 Å². The van der Waals surface area contributed by atoms with E-state index in [-0.39, 0.29) is 25.1 Å². The van der Waals surface area contributed by atoms with Crippen LogP contribution >= 0.6 is 0 Å². The molecule has 1 heterocycles. The lowest BCUT2D eigenvalue weighted by molar-refractivity contribution is -0.184. The van der Waals surface area contributed by atoms with Gasteiger partial charge in [0.2, 0.25) is 5.91 Å². The lowest BCUT2D eigenvalue weighted by Gasteiger charge is -2.36. The van der Waals surface area contributed by atoms with Crippen molar-refractivity contribution in [3.63, 3.8) is 0 Å². The van der Waals surface area contributed by atoms with Crippen molar-refractivity contribution in [3.8, 4) is 0 Å². The number of Topliss-reactive ketones (excluding diaryl/α,β-unsaturated/α-hetero) is 1. The summed E-state index contributed by atoms with van der Waals surface area (Å²) in [5.74, 6) is -2.41. The van der Waals surface area contributed by atoms with Crippen LogP contribution in [0.2, 0.25) is 0 Å². The Morgan fingerprint density at radius 2 is 1.93 bits per heavy atom. The highest BCUT2D eigenvalue weighted by Gasteiger charge is 2.43. The van der Waals surface area contributed by atoms with E-state index in [2.05, 4.69) is 10.6 Å². The number of carbonyl (C=O) groups excluding carboxylic acids is 2. The quantitative estimate of drug-likeness (QED) is 0.553. The molecule has 1 aliphatic rings. The number of halogens is 4. The second-order valence-electron chi connectivity index (χ2n) is 6.63. The molecule has 2 rings (SSSR count). The third-order valence-electron chi connectivity index (χ3n) is 4.51. The van der Waals surface area contributed by atoms with Crippen LogP contribution in [-0.4, -0.2) is 61.5 Å². The van der Waals surface area contributed by atoms with Crippen LogP contribution in [0.3, 0.4) is 0 Å². The van der Waals surface area contributed by atoms with Crippen molar-refractivity contribution in [2.24, 2.45) is 5.92 Å². The SMILES string of the molecule is CC(CC(=O)NCC(N1CCNCC1)C(F)(F)F)C(=O)c1cccc(F)c1. The minimum absolute atomic E-state index is 0.129. The topological polar surface area (TPSA) is 61.4 Å². The molecule has 1 aromatic rings. The highest BCUT2D eigenvalue weighted by molar-refractivity contribution is 5.99. The fourth-order valence-electron chi connectivity index (χ4n) is 3.03. The van der Waals surface area contributed by atoms with Crippen LogP contribution in [0.25, 0.3) is 0 Å². The number of benzene rings is 1. The molecule has 1 fully saturated rings. The fraction of sp³-hybridized carbons (Fsp3) is 0.556. The molecule has 0 spiro atoms. The Morgan fingerprint density at radius 1 is 1.26 bits per heavy atom. The van der Waals surface area contributed by atoms with Crippen LogP contribution in [-0.2, 0) is 4.79 Å². The average molecular weight is 389 g/mol. The second-order valence-corrected chi connectivity index (χ2v) is 6.63. The van der Waals surface area contributed by atoms with Crippen LogP contribution in [0.4, 0.5) is 17.6 Å². The number of piperazine rings is 1. The van der Waals surface area contributed by atoms with Gasteiger partial charge in [0.05, 0.1) is 0 Å². The van der Waals surface area contributed by atoms with E-state index in [4.69, 9.17) is 0 Å². The Kier molecular flexibility index (Phi) is 7.32. The van der Waals surface area contributed by atoms with Crippen molar-refractivity contribution in [1.29, 1.82) is 0 Å². The largest absolute Gasteiger partial charge is 0.405 e. The number of rotatable bonds is 7. The molecule has 2 atom stereocenters. The summed E-state index contributed by atoms with van der Waals surface area (Å²) in [5.41, 5.74) is 0.129. The normalized spacial score (nSPS) is 18.0. The van der Waals surface area contributed by atoms with Gasteiger partial charge in [-0.05, 0) is 12.1 Å². The predicted molar refractivity (Wildman–Crippen MR) is 91.8 cm³/mol. The number of carbonyl (C=O) groups is 2. The second kappa shape index (κ2) is 9.27. The van der Waals surface area contributed by atoms with Crippen molar-refractivity contribution < 1.29 is 27.2 Å². The van der Waals surface area contributed by atoms with Crippen LogP contribution in [0, 0.1) is 11.7 Å². The molecule has 27 heavy (non-hydrogen) atoms. The fourth-order valence-corrected chi connectivity index (χ4v) is 3.03. The molecule has 0 aliphatic carbocycles. The zero-order valence-electron chi connectivity index (χ0n) is 15.0. The smallest absolute Gasteiger partial charge is 0.354 e. The third kappa shape index (κ3) is 6.28. The molecule has 0 bridgehead atoms. The summed E-state index contributed by atoms with van der Waals surface area (Å²) in [6, 6.07) is 3.32. The van der Waals surface area contributed by atoms with Gasteiger partial charge in [0.1, 0.15) is 11.9 Å². The molecule has 0 aromatic heterocycles. The molecule has 1 saturated heterocycles. The summed E-state index contributed by atoms with van der Waals surface area (Å²) in [6.07, 6.45) is -4.73. The average Bonchev–Trinajstić information content (AvgIpc) is 2.61. The number of alkyl halides is 3. The van der Waals surface area contributed by atoms with Gasteiger partial charge in [-0.2, -0.15) is 13.2 Å². The van der Waals surface area contributed by atoms with Gasteiger partial charge in [-0.1, -0.05) is 19.1 Å². The highest BCUT2D eigenvalue weighted by Crippen LogP contribution is 2.25. The number of nitrogens with one attached hydrogen (secondary N) is 2. The summed E-state index contributed by atoms with van der Waals surface area (Å²) in [7, 11) is 0. The Morgan fingerprint density at radius 3 is 2.52 bits per heavy atom. The van der Waals surface area contributed by atoms with Gasteiger partial charge in [-0.3, -0.25) is 14.5 Å². The summed E-state index contributed by atoms with van der Waals surface area (Å²) in [6.45, 7) is 2.33. The Hall–Kier alpha value is -2.00. The number of nitrogens with zero attached hydrogens (tertiary/aromatic N) is 1. The molecule has 150 valence electrons. The van der Waals surface area contributed by atoms with Crippen LogP contribution in [0.1, 0.15) is 23.7 Å². The number of amides is 1. The minimum Gasteiger partial charge on any atom is -0.354 e. The first-order chi connectivity index (χ1) is 12.7. The van der Waals surface area contributed by atoms with Gasteiger partial charge in [0.15, 0.2) is 5.78 Å². The summed E-state index contributed by atoms with van der Waals surface area (Å²) in [4.78, 5) is 25.6. The zero-order chi connectivity index (χ0) is 20.0. The van der Waals surface area contributed by atoms with E-state index in [1.165, 1.54) is 30.0 Å². The summed E-state index contributed by atoms with van der Waals surface area (Å²) >= 11 is 0. The van der Waals surface area contributed by atoms with E-state index in [0.29, 0.717) is 13.1 Å². The molecule has 1 aliphatic heterocycles. The first-order valence-corrected chi connectivity index (χ1v) is 8.76. The lowest BCUT2D eigenvalue weighted by Crippen LogP contribution is -2.57. The van der Waals surface area contributed by atoms with Gasteiger partial charge in [-0.15, -0.1) is 0 Å². The van der Waals surface area contributed by atoms with Crippen molar-refractivity contribution in [2.45, 2.75) is 25.6 Å². The van der Waals surface area contributed by atoms with Gasteiger partial charge >= 0.3 is 6.18 Å². The molecule has 1 aromatic carbocycles. The molecule has 0 saturated carbocycles. The first kappa shape index (κ1) is 21.3. The number of hydrogen-bond acceptors (Lipinski definition) is 4. The van der Waals surface area contributed by atoms with E-state index >= 15 is 0 Å². The highest BCUT2D eigenvalue weighted by atomic mass is 19.4. The Balaban J connectivity index is 1.90. The zero-order valence-corrected chi connectivity index (χ0v) is 15.0. The lowest BCUT2D eigenvalue weighted by atomic mass is 9.96. The third-order valence-corrected chi connectivity index (χ3v) is 4.51. The van der Waals surface area contributed by atoms with E-state index in [9.17, 15) is 27.2 Å². The van der Waals surface area contributed by atoms with E-state index in [0.717, 1.165) is 6.07 Å². The molecule has 5 nitrogen and oxygen atoms in total. The standard InChI is InChI=1S/C18H23F4N3O2/c1-12(17(27)13-3-2-4-14(19)10-13)9-16(26)24-11-15(18(20,21)22)25-7-5-23-6-8-25/h2-4,10,12,15,23H,5-9,11H2,1H3,(H,24,26). The van der Waals surface area contributed by atoms with E-state index in [1.807, 2.05) is 0 Å². The monoisotopic (exact) mass is 389 g/mol.